The summed E-state index contributed by atoms with van der Waals surface area (Å²) in [6.07, 6.45) is 3.03. The summed E-state index contributed by atoms with van der Waals surface area (Å²) < 4.78 is 0. The van der Waals surface area contributed by atoms with Crippen molar-refractivity contribution in [2.24, 2.45) is 5.92 Å². The number of nitro benzene ring substituents is 1. The Kier molecular flexibility index (Phi) is 4.58. The topological polar surface area (TPSA) is 92.6 Å². The number of hydrogen-bond donors (Lipinski definition) is 1. The zero-order valence-electron chi connectivity index (χ0n) is 15.6. The minimum absolute atomic E-state index is 0.00965. The van der Waals surface area contributed by atoms with Gasteiger partial charge in [0.05, 0.1) is 16.7 Å². The van der Waals surface area contributed by atoms with Crippen molar-refractivity contribution >= 4 is 28.9 Å². The molecular weight excluding hydrogens is 358 g/mol. The van der Waals surface area contributed by atoms with Crippen LogP contribution in [0.2, 0.25) is 0 Å². The monoisotopic (exact) mass is 379 g/mol. The summed E-state index contributed by atoms with van der Waals surface area (Å²) in [6.45, 7) is 1.69. The molecule has 2 aliphatic rings. The van der Waals surface area contributed by atoms with Crippen LogP contribution in [-0.2, 0) is 16.0 Å². The molecule has 2 atom stereocenters. The van der Waals surface area contributed by atoms with Crippen LogP contribution in [0, 0.1) is 16.0 Å². The molecule has 2 aromatic carbocycles. The number of imide groups is 1. The molecule has 0 radical (unpaired) electrons. The minimum Gasteiger partial charge on any atom is -0.373 e. The second kappa shape index (κ2) is 7.07. The summed E-state index contributed by atoms with van der Waals surface area (Å²) in [6, 6.07) is 12.6. The first-order chi connectivity index (χ1) is 13.5. The van der Waals surface area contributed by atoms with Crippen LogP contribution in [0.1, 0.15) is 43.4 Å². The molecule has 0 saturated carbocycles. The van der Waals surface area contributed by atoms with E-state index in [0.717, 1.165) is 29.7 Å². The first-order valence-electron chi connectivity index (χ1n) is 9.45. The van der Waals surface area contributed by atoms with Gasteiger partial charge in [-0.1, -0.05) is 31.2 Å². The van der Waals surface area contributed by atoms with Gasteiger partial charge in [-0.3, -0.25) is 24.6 Å². The molecular formula is C21H21N3O4. The maximum Gasteiger partial charge on any atom is 0.294 e. The Morgan fingerprint density at radius 2 is 1.96 bits per heavy atom. The number of benzene rings is 2. The number of carbonyl (C=O) groups excluding carboxylic acids is 2. The molecule has 0 spiro atoms. The Labute approximate surface area is 162 Å². The van der Waals surface area contributed by atoms with Crippen LogP contribution in [0.4, 0.5) is 17.1 Å². The van der Waals surface area contributed by atoms with Crippen molar-refractivity contribution in [3.8, 4) is 0 Å². The van der Waals surface area contributed by atoms with E-state index in [-0.39, 0.29) is 35.7 Å². The number of amides is 2. The van der Waals surface area contributed by atoms with Gasteiger partial charge >= 0.3 is 0 Å². The molecule has 0 bridgehead atoms. The molecule has 0 unspecified atom stereocenters. The quantitative estimate of drug-likeness (QED) is 0.493. The maximum atomic E-state index is 12.3. The lowest BCUT2D eigenvalue weighted by atomic mass is 9.87. The lowest BCUT2D eigenvalue weighted by Gasteiger charge is -2.27. The van der Waals surface area contributed by atoms with Gasteiger partial charge in [0, 0.05) is 18.4 Å². The smallest absolute Gasteiger partial charge is 0.294 e. The number of nitro groups is 1. The van der Waals surface area contributed by atoms with Crippen molar-refractivity contribution in [3.63, 3.8) is 0 Å². The van der Waals surface area contributed by atoms with E-state index in [1.165, 1.54) is 11.6 Å². The third-order valence-corrected chi connectivity index (χ3v) is 5.51. The highest BCUT2D eigenvalue weighted by Crippen LogP contribution is 2.38. The van der Waals surface area contributed by atoms with Gasteiger partial charge in [-0.15, -0.1) is 0 Å². The summed E-state index contributed by atoms with van der Waals surface area (Å²) in [5, 5.41) is 15.0. The van der Waals surface area contributed by atoms with Crippen molar-refractivity contribution in [2.75, 3.05) is 10.2 Å². The lowest BCUT2D eigenvalue weighted by molar-refractivity contribution is -0.383. The number of fused-ring (bicyclic) bond motifs is 1. The number of rotatable bonds is 4. The fourth-order valence-corrected chi connectivity index (χ4v) is 4.08. The van der Waals surface area contributed by atoms with E-state index < -0.39 is 10.8 Å². The molecule has 1 heterocycles. The third kappa shape index (κ3) is 3.13. The van der Waals surface area contributed by atoms with Gasteiger partial charge in [0.1, 0.15) is 5.69 Å². The molecule has 144 valence electrons. The van der Waals surface area contributed by atoms with E-state index in [4.69, 9.17) is 0 Å². The third-order valence-electron chi connectivity index (χ3n) is 5.51. The second-order valence-electron chi connectivity index (χ2n) is 7.42. The maximum absolute atomic E-state index is 12.3. The van der Waals surface area contributed by atoms with Gasteiger partial charge in [-0.25, -0.2) is 0 Å². The number of nitrogens with zero attached hydrogens (tertiary/aromatic N) is 2. The zero-order chi connectivity index (χ0) is 19.8. The Bertz CT molecular complexity index is 972. The molecule has 7 heteroatoms. The van der Waals surface area contributed by atoms with Gasteiger partial charge < -0.3 is 5.32 Å². The van der Waals surface area contributed by atoms with Gasteiger partial charge in [0.15, 0.2) is 0 Å². The highest BCUT2D eigenvalue weighted by molar-refractivity contribution is 6.21. The summed E-state index contributed by atoms with van der Waals surface area (Å²) in [4.78, 5) is 36.6. The number of aryl methyl sites for hydroxylation is 1. The Hall–Kier alpha value is -3.22. The molecule has 28 heavy (non-hydrogen) atoms. The molecule has 4 rings (SSSR count). The average Bonchev–Trinajstić information content (AvgIpc) is 2.94. The van der Waals surface area contributed by atoms with Crippen LogP contribution in [0.25, 0.3) is 0 Å². The lowest BCUT2D eigenvalue weighted by Crippen LogP contribution is -2.30. The van der Waals surface area contributed by atoms with E-state index in [0.29, 0.717) is 5.69 Å². The second-order valence-corrected chi connectivity index (χ2v) is 7.42. The largest absolute Gasteiger partial charge is 0.373 e. The van der Waals surface area contributed by atoms with E-state index >= 15 is 0 Å². The Balaban J connectivity index is 1.67. The van der Waals surface area contributed by atoms with E-state index in [1.54, 1.807) is 19.1 Å². The molecule has 1 fully saturated rings. The van der Waals surface area contributed by atoms with Gasteiger partial charge in [-0.05, 0) is 42.5 Å². The highest BCUT2D eigenvalue weighted by atomic mass is 16.6. The molecule has 7 nitrogen and oxygen atoms in total. The van der Waals surface area contributed by atoms with Crippen molar-refractivity contribution in [1.82, 2.24) is 0 Å². The first kappa shape index (κ1) is 18.2. The molecule has 1 aliphatic heterocycles. The average molecular weight is 379 g/mol. The SMILES string of the molecule is C[C@@H]1CC(=O)N(c2ccc(N[C@H]3CCCc4ccccc43)c([N+](=O)[O-])c2)C1=O. The summed E-state index contributed by atoms with van der Waals surface area (Å²) in [5.41, 5.74) is 2.92. The van der Waals surface area contributed by atoms with Crippen molar-refractivity contribution < 1.29 is 14.5 Å². The van der Waals surface area contributed by atoms with Gasteiger partial charge in [0.25, 0.3) is 5.69 Å². The summed E-state index contributed by atoms with van der Waals surface area (Å²) in [5.74, 6) is -1.04. The van der Waals surface area contributed by atoms with Crippen LogP contribution < -0.4 is 10.2 Å². The van der Waals surface area contributed by atoms with Crippen LogP contribution in [-0.4, -0.2) is 16.7 Å². The molecule has 1 aliphatic carbocycles. The molecule has 2 amide bonds. The van der Waals surface area contributed by atoms with Crippen LogP contribution in [0.3, 0.4) is 0 Å². The van der Waals surface area contributed by atoms with E-state index in [2.05, 4.69) is 17.4 Å². The standard InChI is InChI=1S/C21H21N3O4/c1-13-11-20(25)23(21(13)26)15-9-10-18(19(12-15)24(27)28)22-17-8-4-6-14-5-2-3-7-16(14)17/h2-3,5,7,9-10,12-13,17,22H,4,6,8,11H2,1H3/t13-,17+/m1/s1. The molecule has 0 aromatic heterocycles. The number of anilines is 2. The highest BCUT2D eigenvalue weighted by Gasteiger charge is 2.37. The van der Waals surface area contributed by atoms with Crippen LogP contribution >= 0.6 is 0 Å². The predicted molar refractivity (Wildman–Crippen MR) is 105 cm³/mol. The van der Waals surface area contributed by atoms with Gasteiger partial charge in [0.2, 0.25) is 11.8 Å². The van der Waals surface area contributed by atoms with Crippen LogP contribution in [0.15, 0.2) is 42.5 Å². The Morgan fingerprint density at radius 1 is 1.18 bits per heavy atom. The van der Waals surface area contributed by atoms with E-state index in [9.17, 15) is 19.7 Å². The minimum atomic E-state index is -0.477. The van der Waals surface area contributed by atoms with Crippen LogP contribution in [0.5, 0.6) is 0 Å². The molecule has 1 saturated heterocycles. The summed E-state index contributed by atoms with van der Waals surface area (Å²) >= 11 is 0. The zero-order valence-corrected chi connectivity index (χ0v) is 15.6. The van der Waals surface area contributed by atoms with Crippen molar-refractivity contribution in [3.05, 3.63) is 63.7 Å². The van der Waals surface area contributed by atoms with Crippen molar-refractivity contribution in [1.29, 1.82) is 0 Å². The number of hydrogen-bond acceptors (Lipinski definition) is 5. The molecule has 1 N–H and O–H groups in total. The normalized spacial score (nSPS) is 21.5. The summed E-state index contributed by atoms with van der Waals surface area (Å²) in [7, 11) is 0. The predicted octanol–water partition coefficient (Wildman–Crippen LogP) is 3.98. The first-order valence-corrected chi connectivity index (χ1v) is 9.45. The number of carbonyl (C=O) groups is 2. The van der Waals surface area contributed by atoms with Crippen molar-refractivity contribution in [2.45, 2.75) is 38.6 Å². The number of nitrogens with one attached hydrogen (secondary N) is 1. The fourth-order valence-electron chi connectivity index (χ4n) is 4.08. The van der Waals surface area contributed by atoms with Gasteiger partial charge in [-0.2, -0.15) is 0 Å². The Morgan fingerprint density at radius 3 is 2.68 bits per heavy atom. The fraction of sp³-hybridized carbons (Fsp3) is 0.333. The molecule has 2 aromatic rings. The van der Waals surface area contributed by atoms with E-state index in [1.807, 2.05) is 12.1 Å².